The molecular weight excluding hydrogens is 310 g/mol. The number of ether oxygens (including phenoxy) is 1. The van der Waals surface area contributed by atoms with E-state index in [1.807, 2.05) is 4.90 Å². The van der Waals surface area contributed by atoms with Crippen molar-refractivity contribution in [2.45, 2.75) is 39.3 Å². The Morgan fingerprint density at radius 1 is 1.48 bits per heavy atom. The summed E-state index contributed by atoms with van der Waals surface area (Å²) in [7, 11) is 0. The SMILES string of the molecule is CCN(CC)[C@@H](CNC(=O)N1CCOCC[C@@H]1C)c1ccsc1. The lowest BCUT2D eigenvalue weighted by Gasteiger charge is -2.32. The van der Waals surface area contributed by atoms with E-state index in [-0.39, 0.29) is 18.1 Å². The number of carbonyl (C=O) groups is 1. The number of amides is 2. The molecule has 1 aliphatic rings. The van der Waals surface area contributed by atoms with E-state index in [1.165, 1.54) is 5.56 Å². The van der Waals surface area contributed by atoms with E-state index >= 15 is 0 Å². The second kappa shape index (κ2) is 9.25. The Bertz CT molecular complexity index is 462. The summed E-state index contributed by atoms with van der Waals surface area (Å²) in [5.41, 5.74) is 1.28. The molecule has 0 aromatic carbocycles. The van der Waals surface area contributed by atoms with Gasteiger partial charge in [0.25, 0.3) is 0 Å². The van der Waals surface area contributed by atoms with Gasteiger partial charge in [0.15, 0.2) is 0 Å². The van der Waals surface area contributed by atoms with Crippen molar-refractivity contribution < 1.29 is 9.53 Å². The van der Waals surface area contributed by atoms with Gasteiger partial charge in [0.1, 0.15) is 0 Å². The fourth-order valence-corrected chi connectivity index (χ4v) is 3.78. The standard InChI is InChI=1S/C17H29N3O2S/c1-4-19(5-2)16(15-7-11-23-13-15)12-18-17(21)20-8-10-22-9-6-14(20)3/h7,11,13-14,16H,4-6,8-10,12H2,1-3H3,(H,18,21)/t14-,16-/m0/s1. The molecule has 0 spiro atoms. The number of nitrogens with one attached hydrogen (secondary N) is 1. The van der Waals surface area contributed by atoms with Gasteiger partial charge >= 0.3 is 6.03 Å². The largest absolute Gasteiger partial charge is 0.380 e. The maximum absolute atomic E-state index is 12.6. The van der Waals surface area contributed by atoms with Crippen molar-refractivity contribution in [2.75, 3.05) is 39.4 Å². The molecule has 130 valence electrons. The molecule has 1 fully saturated rings. The number of rotatable bonds is 6. The van der Waals surface area contributed by atoms with Crippen LogP contribution in [0.15, 0.2) is 16.8 Å². The summed E-state index contributed by atoms with van der Waals surface area (Å²) < 4.78 is 5.47. The normalized spacial score (nSPS) is 20.3. The molecule has 0 saturated carbocycles. The van der Waals surface area contributed by atoms with Crippen molar-refractivity contribution in [3.63, 3.8) is 0 Å². The highest BCUT2D eigenvalue weighted by atomic mass is 32.1. The van der Waals surface area contributed by atoms with Crippen LogP contribution in [0.1, 0.15) is 38.8 Å². The van der Waals surface area contributed by atoms with Crippen LogP contribution in [0.4, 0.5) is 4.79 Å². The zero-order chi connectivity index (χ0) is 16.7. The maximum Gasteiger partial charge on any atom is 0.317 e. The molecule has 1 saturated heterocycles. The Morgan fingerprint density at radius 3 is 2.91 bits per heavy atom. The molecule has 0 aliphatic carbocycles. The molecule has 0 bridgehead atoms. The smallest absolute Gasteiger partial charge is 0.317 e. The number of urea groups is 1. The minimum Gasteiger partial charge on any atom is -0.380 e. The quantitative estimate of drug-likeness (QED) is 0.867. The second-order valence-electron chi connectivity index (χ2n) is 5.92. The zero-order valence-electron chi connectivity index (χ0n) is 14.5. The van der Waals surface area contributed by atoms with E-state index in [9.17, 15) is 4.79 Å². The van der Waals surface area contributed by atoms with Crippen LogP contribution >= 0.6 is 11.3 Å². The lowest BCUT2D eigenvalue weighted by Crippen LogP contribution is -2.48. The van der Waals surface area contributed by atoms with Crippen LogP contribution in [0.5, 0.6) is 0 Å². The van der Waals surface area contributed by atoms with E-state index in [2.05, 4.69) is 47.8 Å². The Balaban J connectivity index is 1.98. The number of thiophene rings is 1. The van der Waals surface area contributed by atoms with Gasteiger partial charge in [-0.15, -0.1) is 0 Å². The van der Waals surface area contributed by atoms with Crippen LogP contribution < -0.4 is 5.32 Å². The average molecular weight is 340 g/mol. The van der Waals surface area contributed by atoms with Crippen molar-refractivity contribution in [3.8, 4) is 0 Å². The molecule has 1 aromatic rings. The van der Waals surface area contributed by atoms with Gasteiger partial charge in [0.2, 0.25) is 0 Å². The van der Waals surface area contributed by atoms with Gasteiger partial charge in [-0.05, 0) is 48.8 Å². The molecule has 1 aromatic heterocycles. The fourth-order valence-electron chi connectivity index (χ4n) is 3.07. The molecule has 1 N–H and O–H groups in total. The lowest BCUT2D eigenvalue weighted by atomic mass is 10.1. The monoisotopic (exact) mass is 339 g/mol. The Hall–Kier alpha value is -1.11. The second-order valence-corrected chi connectivity index (χ2v) is 6.70. The molecule has 0 unspecified atom stereocenters. The summed E-state index contributed by atoms with van der Waals surface area (Å²) in [5, 5.41) is 7.42. The summed E-state index contributed by atoms with van der Waals surface area (Å²) in [6.07, 6.45) is 0.900. The minimum absolute atomic E-state index is 0.0235. The van der Waals surface area contributed by atoms with Crippen LogP contribution in [0.3, 0.4) is 0 Å². The summed E-state index contributed by atoms with van der Waals surface area (Å²) >= 11 is 1.71. The minimum atomic E-state index is 0.0235. The highest BCUT2D eigenvalue weighted by molar-refractivity contribution is 7.07. The van der Waals surface area contributed by atoms with Crippen molar-refractivity contribution >= 4 is 17.4 Å². The fraction of sp³-hybridized carbons (Fsp3) is 0.706. The molecule has 23 heavy (non-hydrogen) atoms. The van der Waals surface area contributed by atoms with Crippen LogP contribution in [-0.2, 0) is 4.74 Å². The third-order valence-electron chi connectivity index (χ3n) is 4.58. The van der Waals surface area contributed by atoms with Gasteiger partial charge in [-0.25, -0.2) is 4.79 Å². The maximum atomic E-state index is 12.6. The molecule has 0 radical (unpaired) electrons. The molecule has 6 heteroatoms. The van der Waals surface area contributed by atoms with Gasteiger partial charge in [-0.3, -0.25) is 4.90 Å². The third kappa shape index (κ3) is 4.93. The number of hydrogen-bond donors (Lipinski definition) is 1. The van der Waals surface area contributed by atoms with E-state index in [0.717, 1.165) is 26.1 Å². The van der Waals surface area contributed by atoms with Crippen LogP contribution in [-0.4, -0.2) is 61.3 Å². The molecular formula is C17H29N3O2S. The summed E-state index contributed by atoms with van der Waals surface area (Å²) in [6.45, 7) is 11.0. The number of hydrogen-bond acceptors (Lipinski definition) is 4. The Kier molecular flexibility index (Phi) is 7.33. The number of nitrogens with zero attached hydrogens (tertiary/aromatic N) is 2. The van der Waals surface area contributed by atoms with Gasteiger partial charge in [0.05, 0.1) is 12.6 Å². The number of likely N-dealkylation sites (N-methyl/N-ethyl adjacent to an activating group) is 1. The predicted octanol–water partition coefficient (Wildman–Crippen LogP) is 2.95. The topological polar surface area (TPSA) is 44.8 Å². The third-order valence-corrected chi connectivity index (χ3v) is 5.28. The summed E-state index contributed by atoms with van der Waals surface area (Å²) in [6, 6.07) is 2.64. The van der Waals surface area contributed by atoms with Gasteiger partial charge < -0.3 is 15.0 Å². The van der Waals surface area contributed by atoms with Crippen molar-refractivity contribution in [1.82, 2.24) is 15.1 Å². The lowest BCUT2D eigenvalue weighted by molar-refractivity contribution is 0.140. The highest BCUT2D eigenvalue weighted by Crippen LogP contribution is 2.22. The first-order chi connectivity index (χ1) is 11.2. The van der Waals surface area contributed by atoms with Gasteiger partial charge in [-0.2, -0.15) is 11.3 Å². The van der Waals surface area contributed by atoms with Crippen LogP contribution in [0, 0.1) is 0 Å². The Labute approximate surface area is 143 Å². The van der Waals surface area contributed by atoms with Crippen molar-refractivity contribution in [2.24, 2.45) is 0 Å². The molecule has 2 atom stereocenters. The van der Waals surface area contributed by atoms with Crippen molar-refractivity contribution in [1.29, 1.82) is 0 Å². The molecule has 2 rings (SSSR count). The zero-order valence-corrected chi connectivity index (χ0v) is 15.3. The van der Waals surface area contributed by atoms with E-state index in [0.29, 0.717) is 19.7 Å². The van der Waals surface area contributed by atoms with Crippen LogP contribution in [0.25, 0.3) is 0 Å². The Morgan fingerprint density at radius 2 is 2.26 bits per heavy atom. The molecule has 5 nitrogen and oxygen atoms in total. The molecule has 2 heterocycles. The number of carbonyl (C=O) groups excluding carboxylic acids is 1. The van der Waals surface area contributed by atoms with Crippen LogP contribution in [0.2, 0.25) is 0 Å². The average Bonchev–Trinajstić information content (AvgIpc) is 2.99. The van der Waals surface area contributed by atoms with Crippen molar-refractivity contribution in [3.05, 3.63) is 22.4 Å². The van der Waals surface area contributed by atoms with E-state index < -0.39 is 0 Å². The predicted molar refractivity (Wildman–Crippen MR) is 95.0 cm³/mol. The first-order valence-electron chi connectivity index (χ1n) is 8.55. The highest BCUT2D eigenvalue weighted by Gasteiger charge is 2.24. The van der Waals surface area contributed by atoms with Gasteiger partial charge in [0, 0.05) is 25.7 Å². The van der Waals surface area contributed by atoms with E-state index in [1.54, 1.807) is 11.3 Å². The summed E-state index contributed by atoms with van der Waals surface area (Å²) in [5.74, 6) is 0. The summed E-state index contributed by atoms with van der Waals surface area (Å²) in [4.78, 5) is 16.9. The molecule has 1 aliphatic heterocycles. The first-order valence-corrected chi connectivity index (χ1v) is 9.50. The van der Waals surface area contributed by atoms with Gasteiger partial charge in [-0.1, -0.05) is 13.8 Å². The first kappa shape index (κ1) is 18.2. The van der Waals surface area contributed by atoms with E-state index in [4.69, 9.17) is 4.74 Å². The molecule has 2 amide bonds.